The first-order valence-corrected chi connectivity index (χ1v) is 6.31. The molecule has 0 radical (unpaired) electrons. The van der Waals surface area contributed by atoms with E-state index < -0.39 is 0 Å². The highest BCUT2D eigenvalue weighted by molar-refractivity contribution is 5.99. The monoisotopic (exact) mass is 265 g/mol. The van der Waals surface area contributed by atoms with Gasteiger partial charge in [-0.05, 0) is 24.9 Å². The fourth-order valence-corrected chi connectivity index (χ4v) is 1.94. The lowest BCUT2D eigenvalue weighted by Crippen LogP contribution is -2.40. The van der Waals surface area contributed by atoms with Gasteiger partial charge >= 0.3 is 0 Å². The Kier molecular flexibility index (Phi) is 4.52. The number of nitrogens with two attached hydrogens (primary N) is 1. The van der Waals surface area contributed by atoms with Crippen molar-refractivity contribution in [2.24, 2.45) is 18.2 Å². The minimum Gasteiger partial charge on any atom is -0.346 e. The van der Waals surface area contributed by atoms with Gasteiger partial charge in [0, 0.05) is 32.4 Å². The van der Waals surface area contributed by atoms with Crippen LogP contribution in [0.15, 0.2) is 12.3 Å². The molecule has 2 N–H and O–H groups in total. The number of carbonyl (C=O) groups excluding carboxylic acids is 2. The van der Waals surface area contributed by atoms with Gasteiger partial charge in [0.2, 0.25) is 0 Å². The minimum absolute atomic E-state index is 0.0420. The Morgan fingerprint density at radius 3 is 2.42 bits per heavy atom. The number of Topliss-reactive ketones (excluding diaryl/α,β-unsaturated/α-hetero) is 1. The molecule has 5 heteroatoms. The summed E-state index contributed by atoms with van der Waals surface area (Å²) in [5.74, 6) is -0.142. The van der Waals surface area contributed by atoms with Gasteiger partial charge < -0.3 is 15.2 Å². The Morgan fingerprint density at radius 2 is 2.00 bits per heavy atom. The number of hydrogen-bond donors (Lipinski definition) is 1. The van der Waals surface area contributed by atoms with Crippen LogP contribution in [-0.2, 0) is 7.05 Å². The van der Waals surface area contributed by atoms with E-state index in [1.165, 1.54) is 6.92 Å². The first kappa shape index (κ1) is 15.4. The molecule has 0 saturated carbocycles. The number of hydrogen-bond acceptors (Lipinski definition) is 3. The quantitative estimate of drug-likeness (QED) is 0.816. The van der Waals surface area contributed by atoms with Crippen molar-refractivity contribution in [1.82, 2.24) is 9.47 Å². The fraction of sp³-hybridized carbons (Fsp3) is 0.571. The zero-order valence-electron chi connectivity index (χ0n) is 12.4. The van der Waals surface area contributed by atoms with Crippen LogP contribution in [0.3, 0.4) is 0 Å². The van der Waals surface area contributed by atoms with Crippen molar-refractivity contribution >= 4 is 11.7 Å². The maximum atomic E-state index is 12.3. The molecule has 0 aliphatic heterocycles. The van der Waals surface area contributed by atoms with E-state index in [4.69, 9.17) is 5.73 Å². The van der Waals surface area contributed by atoms with Crippen LogP contribution in [-0.4, -0.2) is 41.3 Å². The highest BCUT2D eigenvalue weighted by Gasteiger charge is 2.23. The molecule has 1 aromatic rings. The molecule has 0 spiro atoms. The second-order valence-electron chi connectivity index (χ2n) is 5.81. The lowest BCUT2D eigenvalue weighted by molar-refractivity contribution is 0.0731. The molecule has 0 unspecified atom stereocenters. The lowest BCUT2D eigenvalue weighted by atomic mass is 9.93. The molecule has 1 amide bonds. The molecule has 0 atom stereocenters. The molecule has 0 bridgehead atoms. The van der Waals surface area contributed by atoms with E-state index in [0.29, 0.717) is 24.3 Å². The molecular weight excluding hydrogens is 242 g/mol. The molecule has 1 heterocycles. The summed E-state index contributed by atoms with van der Waals surface area (Å²) in [6.07, 6.45) is 1.68. The Morgan fingerprint density at radius 1 is 1.42 bits per heavy atom. The smallest absolute Gasteiger partial charge is 0.270 e. The highest BCUT2D eigenvalue weighted by atomic mass is 16.2. The van der Waals surface area contributed by atoms with E-state index >= 15 is 0 Å². The molecule has 1 rings (SSSR count). The van der Waals surface area contributed by atoms with Gasteiger partial charge in [0.25, 0.3) is 5.91 Å². The van der Waals surface area contributed by atoms with Crippen molar-refractivity contribution in [3.8, 4) is 0 Å². The zero-order chi connectivity index (χ0) is 14.8. The maximum absolute atomic E-state index is 12.3. The molecule has 0 saturated heterocycles. The van der Waals surface area contributed by atoms with Crippen molar-refractivity contribution in [2.75, 3.05) is 20.1 Å². The summed E-state index contributed by atoms with van der Waals surface area (Å²) < 4.78 is 1.69. The van der Waals surface area contributed by atoms with Crippen molar-refractivity contribution in [2.45, 2.75) is 20.8 Å². The van der Waals surface area contributed by atoms with Crippen LogP contribution in [0.25, 0.3) is 0 Å². The van der Waals surface area contributed by atoms with Gasteiger partial charge in [0.05, 0.1) is 0 Å². The lowest BCUT2D eigenvalue weighted by Gasteiger charge is -2.29. The van der Waals surface area contributed by atoms with Crippen LogP contribution in [0.1, 0.15) is 41.6 Å². The van der Waals surface area contributed by atoms with Crippen molar-refractivity contribution in [3.63, 3.8) is 0 Å². The van der Waals surface area contributed by atoms with Crippen molar-refractivity contribution in [1.29, 1.82) is 0 Å². The van der Waals surface area contributed by atoms with Crippen LogP contribution < -0.4 is 5.73 Å². The average Bonchev–Trinajstić information content (AvgIpc) is 2.70. The number of carbonyl (C=O) groups is 2. The number of rotatable bonds is 5. The molecule has 106 valence electrons. The van der Waals surface area contributed by atoms with E-state index in [9.17, 15) is 9.59 Å². The number of amides is 1. The molecule has 5 nitrogen and oxygen atoms in total. The maximum Gasteiger partial charge on any atom is 0.270 e. The molecule has 0 aliphatic rings. The summed E-state index contributed by atoms with van der Waals surface area (Å²) >= 11 is 0. The standard InChI is InChI=1S/C14H23N3O2/c1-10(18)11-6-12(16(4)7-11)13(19)17(5)9-14(2,3)8-15/h6-7H,8-9,15H2,1-5H3. The summed E-state index contributed by atoms with van der Waals surface area (Å²) in [5, 5.41) is 0. The predicted molar refractivity (Wildman–Crippen MR) is 75.2 cm³/mol. The molecule has 0 aromatic carbocycles. The van der Waals surface area contributed by atoms with Crippen LogP contribution in [0.2, 0.25) is 0 Å². The molecule has 0 aliphatic carbocycles. The van der Waals surface area contributed by atoms with Gasteiger partial charge in [-0.3, -0.25) is 9.59 Å². The third kappa shape index (κ3) is 3.67. The van der Waals surface area contributed by atoms with E-state index in [1.54, 1.807) is 35.8 Å². The third-order valence-corrected chi connectivity index (χ3v) is 3.20. The number of ketones is 1. The summed E-state index contributed by atoms with van der Waals surface area (Å²) in [6.45, 7) is 6.61. The Labute approximate surface area is 114 Å². The topological polar surface area (TPSA) is 68.3 Å². The SMILES string of the molecule is CC(=O)c1cc(C(=O)N(C)CC(C)(C)CN)n(C)c1. The summed E-state index contributed by atoms with van der Waals surface area (Å²) in [4.78, 5) is 25.3. The minimum atomic E-state index is -0.126. The van der Waals surface area contributed by atoms with Crippen molar-refractivity contribution in [3.05, 3.63) is 23.5 Å². The predicted octanol–water partition coefficient (Wildman–Crippen LogP) is 1.28. The summed E-state index contributed by atoms with van der Waals surface area (Å²) in [7, 11) is 3.52. The Bertz CT molecular complexity index is 489. The van der Waals surface area contributed by atoms with E-state index in [0.717, 1.165) is 0 Å². The number of nitrogens with zero attached hydrogens (tertiary/aromatic N) is 2. The number of aryl methyl sites for hydroxylation is 1. The largest absolute Gasteiger partial charge is 0.346 e. The zero-order valence-corrected chi connectivity index (χ0v) is 12.4. The Hall–Kier alpha value is -1.62. The molecular formula is C14H23N3O2. The van der Waals surface area contributed by atoms with Gasteiger partial charge in [-0.25, -0.2) is 0 Å². The van der Waals surface area contributed by atoms with E-state index in [1.807, 2.05) is 13.8 Å². The number of aromatic nitrogens is 1. The van der Waals surface area contributed by atoms with Crippen molar-refractivity contribution < 1.29 is 9.59 Å². The van der Waals surface area contributed by atoms with Crippen LogP contribution >= 0.6 is 0 Å². The second-order valence-corrected chi connectivity index (χ2v) is 5.81. The van der Waals surface area contributed by atoms with Crippen LogP contribution in [0.5, 0.6) is 0 Å². The van der Waals surface area contributed by atoms with Gasteiger partial charge in [0.1, 0.15) is 5.69 Å². The first-order valence-electron chi connectivity index (χ1n) is 6.31. The highest BCUT2D eigenvalue weighted by Crippen LogP contribution is 2.16. The normalized spacial score (nSPS) is 11.5. The Balaban J connectivity index is 2.91. The van der Waals surface area contributed by atoms with Gasteiger partial charge in [0.15, 0.2) is 5.78 Å². The molecule has 0 fully saturated rings. The fourth-order valence-electron chi connectivity index (χ4n) is 1.94. The van der Waals surface area contributed by atoms with Crippen LogP contribution in [0.4, 0.5) is 0 Å². The van der Waals surface area contributed by atoms with Gasteiger partial charge in [-0.15, -0.1) is 0 Å². The summed E-state index contributed by atoms with van der Waals surface area (Å²) in [6, 6.07) is 1.64. The van der Waals surface area contributed by atoms with Gasteiger partial charge in [-0.2, -0.15) is 0 Å². The van der Waals surface area contributed by atoms with E-state index in [2.05, 4.69) is 0 Å². The summed E-state index contributed by atoms with van der Waals surface area (Å²) in [5.41, 5.74) is 6.62. The second kappa shape index (κ2) is 5.57. The average molecular weight is 265 g/mol. The van der Waals surface area contributed by atoms with Crippen LogP contribution in [0, 0.1) is 5.41 Å². The molecule has 19 heavy (non-hydrogen) atoms. The van der Waals surface area contributed by atoms with E-state index in [-0.39, 0.29) is 17.1 Å². The third-order valence-electron chi connectivity index (χ3n) is 3.20. The first-order chi connectivity index (χ1) is 8.68. The van der Waals surface area contributed by atoms with Gasteiger partial charge in [-0.1, -0.05) is 13.8 Å². The molecule has 1 aromatic heterocycles.